The number of urea groups is 1. The van der Waals surface area contributed by atoms with Gasteiger partial charge >= 0.3 is 12.2 Å². The van der Waals surface area contributed by atoms with E-state index < -0.39 is 23.3 Å². The maximum atomic E-state index is 13.7. The molecule has 4 rings (SSSR count). The minimum absolute atomic E-state index is 0.0744. The van der Waals surface area contributed by atoms with Gasteiger partial charge in [0.1, 0.15) is 12.1 Å². The lowest BCUT2D eigenvalue weighted by Gasteiger charge is -2.43. The van der Waals surface area contributed by atoms with E-state index in [1.165, 1.54) is 17.0 Å². The fraction of sp³-hybridized carbons (Fsp3) is 0.444. The summed E-state index contributed by atoms with van der Waals surface area (Å²) in [6, 6.07) is 13.3. The van der Waals surface area contributed by atoms with Crippen molar-refractivity contribution in [3.63, 3.8) is 0 Å². The molecule has 0 bridgehead atoms. The van der Waals surface area contributed by atoms with E-state index in [4.69, 9.17) is 4.74 Å². The molecule has 0 unspecified atom stereocenters. The molecular weight excluding hydrogens is 515 g/mol. The van der Waals surface area contributed by atoms with Crippen LogP contribution in [0.5, 0.6) is 0 Å². The number of anilines is 2. The number of halogens is 3. The number of ether oxygens (including phenoxy) is 1. The number of carbonyl (C=O) groups excluding carboxylic acids is 3. The van der Waals surface area contributed by atoms with E-state index in [0.29, 0.717) is 32.4 Å². The van der Waals surface area contributed by atoms with E-state index in [0.717, 1.165) is 17.8 Å². The maximum absolute atomic E-state index is 13.7. The molecule has 2 fully saturated rings. The number of methoxy groups -OCH3 is 1. The van der Waals surface area contributed by atoms with Crippen LogP contribution < -0.4 is 15.5 Å². The van der Waals surface area contributed by atoms with Crippen molar-refractivity contribution in [3.05, 3.63) is 60.2 Å². The molecule has 210 valence electrons. The van der Waals surface area contributed by atoms with Crippen LogP contribution in [0.15, 0.2) is 54.6 Å². The van der Waals surface area contributed by atoms with Crippen molar-refractivity contribution in [1.29, 1.82) is 0 Å². The Balaban J connectivity index is 1.42. The number of likely N-dealkylation sites (tertiary alicyclic amines) is 1. The summed E-state index contributed by atoms with van der Waals surface area (Å²) < 4.78 is 43.5. The van der Waals surface area contributed by atoms with Crippen molar-refractivity contribution in [2.75, 3.05) is 56.8 Å². The van der Waals surface area contributed by atoms with Crippen LogP contribution in [-0.4, -0.2) is 79.7 Å². The van der Waals surface area contributed by atoms with Gasteiger partial charge in [-0.1, -0.05) is 18.2 Å². The molecule has 4 amide bonds. The molecule has 2 saturated heterocycles. The summed E-state index contributed by atoms with van der Waals surface area (Å²) in [4.78, 5) is 44.2. The first-order chi connectivity index (χ1) is 18.6. The fourth-order valence-corrected chi connectivity index (χ4v) is 5.02. The predicted octanol–water partition coefficient (Wildman–Crippen LogP) is 3.53. The quantitative estimate of drug-likeness (QED) is 0.494. The second kappa shape index (κ2) is 11.9. The summed E-state index contributed by atoms with van der Waals surface area (Å²) in [6.45, 7) is 1.67. The molecule has 0 saturated carbocycles. The van der Waals surface area contributed by atoms with Gasteiger partial charge in [0.15, 0.2) is 0 Å². The van der Waals surface area contributed by atoms with Gasteiger partial charge in [0.25, 0.3) is 5.91 Å². The molecule has 2 aromatic carbocycles. The number of nitrogens with zero attached hydrogens (tertiary/aromatic N) is 3. The van der Waals surface area contributed by atoms with E-state index >= 15 is 0 Å². The van der Waals surface area contributed by atoms with Crippen LogP contribution in [-0.2, 0) is 20.5 Å². The third-order valence-electron chi connectivity index (χ3n) is 7.11. The van der Waals surface area contributed by atoms with Gasteiger partial charge in [0.05, 0.1) is 12.2 Å². The summed E-state index contributed by atoms with van der Waals surface area (Å²) >= 11 is 0. The van der Waals surface area contributed by atoms with Crippen molar-refractivity contribution in [3.8, 4) is 0 Å². The highest BCUT2D eigenvalue weighted by Crippen LogP contribution is 2.39. The smallest absolute Gasteiger partial charge is 0.385 e. The van der Waals surface area contributed by atoms with Crippen LogP contribution in [0.25, 0.3) is 0 Å². The highest BCUT2D eigenvalue weighted by Gasteiger charge is 2.54. The van der Waals surface area contributed by atoms with Crippen molar-refractivity contribution in [1.82, 2.24) is 15.1 Å². The zero-order valence-corrected chi connectivity index (χ0v) is 21.7. The number of amides is 4. The number of hydrogen-bond donors (Lipinski definition) is 2. The largest absolute Gasteiger partial charge is 0.416 e. The lowest BCUT2D eigenvalue weighted by atomic mass is 9.85. The Morgan fingerprint density at radius 3 is 2.31 bits per heavy atom. The minimum Gasteiger partial charge on any atom is -0.385 e. The third kappa shape index (κ3) is 6.44. The number of nitrogens with one attached hydrogen (secondary N) is 2. The van der Waals surface area contributed by atoms with E-state index in [2.05, 4.69) is 10.6 Å². The van der Waals surface area contributed by atoms with Gasteiger partial charge in [-0.2, -0.15) is 13.2 Å². The normalized spacial score (nSPS) is 17.0. The highest BCUT2D eigenvalue weighted by atomic mass is 19.4. The average Bonchev–Trinajstić information content (AvgIpc) is 3.18. The van der Waals surface area contributed by atoms with Gasteiger partial charge < -0.3 is 30.1 Å². The SMILES string of the molecule is COCCCNC(=O)CN1CN(c2ccccc2)C2(CCN(C(=O)Nc3ccc(C(F)(F)F)cc3)CC2)C1=O. The number of piperidine rings is 1. The van der Waals surface area contributed by atoms with Gasteiger partial charge in [-0.3, -0.25) is 9.59 Å². The number of benzene rings is 2. The van der Waals surface area contributed by atoms with E-state index in [-0.39, 0.29) is 43.8 Å². The Labute approximate surface area is 224 Å². The molecule has 2 aromatic rings. The van der Waals surface area contributed by atoms with Gasteiger partial charge in [-0.15, -0.1) is 0 Å². The first-order valence-corrected chi connectivity index (χ1v) is 12.7. The van der Waals surface area contributed by atoms with Crippen molar-refractivity contribution in [2.24, 2.45) is 0 Å². The van der Waals surface area contributed by atoms with Gasteiger partial charge in [0, 0.05) is 44.7 Å². The standard InChI is InChI=1S/C27H32F3N5O4/c1-39-17-5-14-31-23(36)18-34-19-35(22-6-3-2-4-7-22)26(24(34)37)12-15-33(16-13-26)25(38)32-21-10-8-20(9-11-21)27(28,29)30/h2-4,6-11H,5,12-19H2,1H3,(H,31,36)(H,32,38). The first-order valence-electron chi connectivity index (χ1n) is 12.7. The van der Waals surface area contributed by atoms with Crippen LogP contribution in [0.1, 0.15) is 24.8 Å². The maximum Gasteiger partial charge on any atom is 0.416 e. The zero-order valence-electron chi connectivity index (χ0n) is 21.7. The van der Waals surface area contributed by atoms with Crippen molar-refractivity contribution >= 4 is 29.2 Å². The number of alkyl halides is 3. The second-order valence-electron chi connectivity index (χ2n) is 9.63. The lowest BCUT2D eigenvalue weighted by Crippen LogP contribution is -2.58. The Bertz CT molecular complexity index is 1150. The summed E-state index contributed by atoms with van der Waals surface area (Å²) in [6.07, 6.45) is -3.11. The van der Waals surface area contributed by atoms with Gasteiger partial charge in [0.2, 0.25) is 5.91 Å². The predicted molar refractivity (Wildman–Crippen MR) is 139 cm³/mol. The molecule has 2 N–H and O–H groups in total. The van der Waals surface area contributed by atoms with Crippen LogP contribution in [0, 0.1) is 0 Å². The summed E-state index contributed by atoms with van der Waals surface area (Å²) in [5.74, 6) is -0.418. The molecule has 0 atom stereocenters. The lowest BCUT2D eigenvalue weighted by molar-refractivity contribution is -0.137. The zero-order chi connectivity index (χ0) is 28.0. The summed E-state index contributed by atoms with van der Waals surface area (Å²) in [5, 5.41) is 5.45. The molecule has 12 heteroatoms. The molecule has 39 heavy (non-hydrogen) atoms. The van der Waals surface area contributed by atoms with Crippen LogP contribution in [0.2, 0.25) is 0 Å². The van der Waals surface area contributed by atoms with E-state index in [1.54, 1.807) is 12.0 Å². The summed E-state index contributed by atoms with van der Waals surface area (Å²) in [5.41, 5.74) is -0.618. The van der Waals surface area contributed by atoms with Crippen molar-refractivity contribution < 1.29 is 32.3 Å². The number of carbonyl (C=O) groups is 3. The van der Waals surface area contributed by atoms with Crippen LogP contribution in [0.3, 0.4) is 0 Å². The van der Waals surface area contributed by atoms with Crippen molar-refractivity contribution in [2.45, 2.75) is 31.0 Å². The van der Waals surface area contributed by atoms with Crippen LogP contribution in [0.4, 0.5) is 29.3 Å². The third-order valence-corrected chi connectivity index (χ3v) is 7.11. The molecule has 0 aromatic heterocycles. The molecule has 1 spiro atoms. The Kier molecular flexibility index (Phi) is 8.63. The number of hydrogen-bond acceptors (Lipinski definition) is 5. The number of para-hydroxylation sites is 1. The molecular formula is C27H32F3N5O4. The van der Waals surface area contributed by atoms with Gasteiger partial charge in [-0.25, -0.2) is 4.79 Å². The minimum atomic E-state index is -4.46. The fourth-order valence-electron chi connectivity index (χ4n) is 5.02. The van der Waals surface area contributed by atoms with Gasteiger partial charge in [-0.05, 0) is 55.7 Å². The molecule has 2 aliphatic heterocycles. The molecule has 2 heterocycles. The van der Waals surface area contributed by atoms with Crippen LogP contribution >= 0.6 is 0 Å². The topological polar surface area (TPSA) is 94.2 Å². The second-order valence-corrected chi connectivity index (χ2v) is 9.63. The molecule has 2 aliphatic rings. The van der Waals surface area contributed by atoms with E-state index in [1.807, 2.05) is 35.2 Å². The number of rotatable bonds is 8. The summed E-state index contributed by atoms with van der Waals surface area (Å²) in [7, 11) is 1.59. The Morgan fingerprint density at radius 2 is 1.69 bits per heavy atom. The average molecular weight is 548 g/mol. The van der Waals surface area contributed by atoms with E-state index in [9.17, 15) is 27.6 Å². The molecule has 0 radical (unpaired) electrons. The molecule has 0 aliphatic carbocycles. The first kappa shape index (κ1) is 28.2. The monoisotopic (exact) mass is 547 g/mol. The molecule has 9 nitrogen and oxygen atoms in total. The Morgan fingerprint density at radius 1 is 1.03 bits per heavy atom. The highest BCUT2D eigenvalue weighted by molar-refractivity contribution is 5.97. The Hall–Kier alpha value is -3.80.